The minimum Gasteiger partial charge on any atom is -0.0885 e. The Kier molecular flexibility index (Phi) is 20.2. The highest BCUT2D eigenvalue weighted by atomic mass is 13.9. The molecule has 0 spiro atoms. The van der Waals surface area contributed by atoms with Gasteiger partial charge >= 0.3 is 0 Å². The summed E-state index contributed by atoms with van der Waals surface area (Å²) >= 11 is 0. The molecule has 0 heterocycles. The molecule has 0 atom stereocenters. The van der Waals surface area contributed by atoms with Crippen molar-refractivity contribution in [2.45, 2.75) is 66.2 Å². The van der Waals surface area contributed by atoms with E-state index in [1.165, 1.54) is 38.5 Å². The van der Waals surface area contributed by atoms with Gasteiger partial charge in [0, 0.05) is 0 Å². The summed E-state index contributed by atoms with van der Waals surface area (Å²) in [4.78, 5) is 0. The highest BCUT2D eigenvalue weighted by Crippen LogP contribution is 2.07. The Morgan fingerprint density at radius 3 is 1.25 bits per heavy atom. The Morgan fingerprint density at radius 1 is 0.833 bits per heavy atom. The quantitative estimate of drug-likeness (QED) is 0.488. The average Bonchev–Trinajstić information content (AvgIpc) is 2.24. The first-order valence-corrected chi connectivity index (χ1v) is 5.56. The third-order valence-corrected chi connectivity index (χ3v) is 1.66. The highest BCUT2D eigenvalue weighted by Gasteiger charge is 1.87. The van der Waals surface area contributed by atoms with Crippen LogP contribution in [0.15, 0.2) is 12.2 Å². The summed E-state index contributed by atoms with van der Waals surface area (Å²) in [6.07, 6.45) is 12.6. The minimum atomic E-state index is 1.32. The van der Waals surface area contributed by atoms with Crippen LogP contribution in [-0.2, 0) is 0 Å². The summed E-state index contributed by atoms with van der Waals surface area (Å²) in [5, 5.41) is 0. The van der Waals surface area contributed by atoms with E-state index in [0.29, 0.717) is 0 Å². The van der Waals surface area contributed by atoms with Crippen LogP contribution in [0.5, 0.6) is 0 Å². The number of unbranched alkanes of at least 4 members (excludes halogenated alkanes) is 1. The molecule has 0 heteroatoms. The molecule has 0 bridgehead atoms. The molecule has 0 aromatic rings. The Balaban J connectivity index is 0. The number of allylic oxidation sites excluding steroid dienone is 2. The van der Waals surface area contributed by atoms with E-state index in [2.05, 4.69) is 26.0 Å². The van der Waals surface area contributed by atoms with Crippen LogP contribution in [0.2, 0.25) is 0 Å². The van der Waals surface area contributed by atoms with E-state index in [1.54, 1.807) is 0 Å². The predicted octanol–water partition coefficient (Wildman–Crippen LogP) is 4.95. The fraction of sp³-hybridized carbons (Fsp3) is 0.833. The monoisotopic (exact) mass is 170 g/mol. The molecule has 0 aliphatic heterocycles. The zero-order valence-electron chi connectivity index (χ0n) is 9.40. The molecular formula is C12H26. The second-order valence-corrected chi connectivity index (χ2v) is 2.76. The number of hydrogen-bond acceptors (Lipinski definition) is 0. The topological polar surface area (TPSA) is 0 Å². The molecule has 0 aromatic carbocycles. The molecule has 0 radical (unpaired) electrons. The Bertz CT molecular complexity index is 62.1. The molecule has 0 amide bonds. The van der Waals surface area contributed by atoms with Gasteiger partial charge in [-0.3, -0.25) is 0 Å². The third-order valence-electron chi connectivity index (χ3n) is 1.66. The summed E-state index contributed by atoms with van der Waals surface area (Å²) in [5.41, 5.74) is 0. The van der Waals surface area contributed by atoms with Crippen molar-refractivity contribution in [2.24, 2.45) is 0 Å². The Morgan fingerprint density at radius 2 is 1.17 bits per heavy atom. The van der Waals surface area contributed by atoms with Gasteiger partial charge in [0.05, 0.1) is 0 Å². The van der Waals surface area contributed by atoms with Gasteiger partial charge in [0.2, 0.25) is 0 Å². The molecule has 1 aliphatic carbocycles. The zero-order chi connectivity index (χ0) is 9.66. The summed E-state index contributed by atoms with van der Waals surface area (Å²) in [7, 11) is 0. The van der Waals surface area contributed by atoms with Crippen LogP contribution in [-0.4, -0.2) is 0 Å². The standard InChI is InChI=1S/C6H10.C4H10.C2H6/c1-2-4-6-5-3-1;1-3-4-2;1-2/h1-2H,3-6H2;3-4H2,1-2H3;1-2H3. The van der Waals surface area contributed by atoms with Gasteiger partial charge in [-0.1, -0.05) is 52.7 Å². The molecule has 0 fully saturated rings. The minimum absolute atomic E-state index is 1.32. The smallest absolute Gasteiger partial charge is 0.0351 e. The molecule has 0 nitrogen and oxygen atoms in total. The van der Waals surface area contributed by atoms with E-state index in [4.69, 9.17) is 0 Å². The van der Waals surface area contributed by atoms with Crippen molar-refractivity contribution < 1.29 is 0 Å². The van der Waals surface area contributed by atoms with Gasteiger partial charge < -0.3 is 0 Å². The van der Waals surface area contributed by atoms with Gasteiger partial charge in [-0.05, 0) is 25.7 Å². The van der Waals surface area contributed by atoms with E-state index >= 15 is 0 Å². The van der Waals surface area contributed by atoms with Crippen LogP contribution in [0.4, 0.5) is 0 Å². The van der Waals surface area contributed by atoms with Gasteiger partial charge in [-0.2, -0.15) is 0 Å². The summed E-state index contributed by atoms with van der Waals surface area (Å²) in [6, 6.07) is 0. The van der Waals surface area contributed by atoms with Crippen LogP contribution in [0.25, 0.3) is 0 Å². The average molecular weight is 170 g/mol. The van der Waals surface area contributed by atoms with E-state index < -0.39 is 0 Å². The van der Waals surface area contributed by atoms with Gasteiger partial charge in [0.15, 0.2) is 0 Å². The van der Waals surface area contributed by atoms with Gasteiger partial charge in [0.25, 0.3) is 0 Å². The summed E-state index contributed by atoms with van der Waals surface area (Å²) < 4.78 is 0. The van der Waals surface area contributed by atoms with Crippen molar-refractivity contribution in [3.05, 3.63) is 12.2 Å². The molecule has 74 valence electrons. The van der Waals surface area contributed by atoms with Crippen molar-refractivity contribution in [1.29, 1.82) is 0 Å². The lowest BCUT2D eigenvalue weighted by Crippen LogP contribution is -1.77. The lowest BCUT2D eigenvalue weighted by atomic mass is 10.1. The molecule has 12 heavy (non-hydrogen) atoms. The molecule has 0 N–H and O–H groups in total. The fourth-order valence-corrected chi connectivity index (χ4v) is 0.760. The summed E-state index contributed by atoms with van der Waals surface area (Å²) in [6.45, 7) is 8.36. The molecule has 1 rings (SSSR count). The van der Waals surface area contributed by atoms with E-state index in [0.717, 1.165) is 0 Å². The van der Waals surface area contributed by atoms with Gasteiger partial charge in [-0.15, -0.1) is 0 Å². The van der Waals surface area contributed by atoms with Crippen LogP contribution >= 0.6 is 0 Å². The predicted molar refractivity (Wildman–Crippen MR) is 59.5 cm³/mol. The van der Waals surface area contributed by atoms with E-state index in [-0.39, 0.29) is 0 Å². The number of hydrogen-bond donors (Lipinski definition) is 0. The van der Waals surface area contributed by atoms with E-state index in [1.807, 2.05) is 13.8 Å². The van der Waals surface area contributed by atoms with Crippen molar-refractivity contribution in [3.63, 3.8) is 0 Å². The van der Waals surface area contributed by atoms with Crippen molar-refractivity contribution in [1.82, 2.24) is 0 Å². The molecule has 0 unspecified atom stereocenters. The van der Waals surface area contributed by atoms with Crippen LogP contribution in [0.3, 0.4) is 0 Å². The first-order valence-electron chi connectivity index (χ1n) is 5.56. The lowest BCUT2D eigenvalue weighted by Gasteiger charge is -1.97. The molecular weight excluding hydrogens is 144 g/mol. The van der Waals surface area contributed by atoms with Crippen molar-refractivity contribution >= 4 is 0 Å². The zero-order valence-corrected chi connectivity index (χ0v) is 9.40. The normalized spacial score (nSPS) is 13.7. The van der Waals surface area contributed by atoms with Crippen molar-refractivity contribution in [2.75, 3.05) is 0 Å². The molecule has 0 saturated carbocycles. The van der Waals surface area contributed by atoms with Gasteiger partial charge in [0.1, 0.15) is 0 Å². The highest BCUT2D eigenvalue weighted by molar-refractivity contribution is 4.85. The first-order chi connectivity index (χ1) is 5.91. The van der Waals surface area contributed by atoms with E-state index in [9.17, 15) is 0 Å². The number of rotatable bonds is 1. The Labute approximate surface area is 79.1 Å². The third kappa shape index (κ3) is 16.4. The molecule has 1 aliphatic rings. The van der Waals surface area contributed by atoms with Crippen LogP contribution < -0.4 is 0 Å². The second kappa shape index (κ2) is 17.0. The Hall–Kier alpha value is -0.260. The first kappa shape index (κ1) is 14.3. The maximum atomic E-state index is 2.27. The lowest BCUT2D eigenvalue weighted by molar-refractivity contribution is 0.730. The SMILES string of the molecule is C1=CCCCC1.CC.CCCC. The van der Waals surface area contributed by atoms with Crippen LogP contribution in [0.1, 0.15) is 66.2 Å². The maximum absolute atomic E-state index is 2.27. The maximum Gasteiger partial charge on any atom is -0.0351 e. The summed E-state index contributed by atoms with van der Waals surface area (Å²) in [5.74, 6) is 0. The largest absolute Gasteiger partial charge is 0.0885 e. The van der Waals surface area contributed by atoms with Gasteiger partial charge in [-0.25, -0.2) is 0 Å². The molecule has 0 saturated heterocycles. The molecule has 0 aromatic heterocycles. The van der Waals surface area contributed by atoms with Crippen molar-refractivity contribution in [3.8, 4) is 0 Å². The van der Waals surface area contributed by atoms with Crippen LogP contribution in [0, 0.1) is 0 Å². The fourth-order valence-electron chi connectivity index (χ4n) is 0.760. The second-order valence-electron chi connectivity index (χ2n) is 2.76.